The number of allylic oxidation sites excluding steroid dienone is 1. The molecule has 6 nitrogen and oxygen atoms in total. The first kappa shape index (κ1) is 37.7. The fourth-order valence-electron chi connectivity index (χ4n) is 6.76. The molecule has 0 N–H and O–H groups in total. The van der Waals surface area contributed by atoms with Gasteiger partial charge in [-0.3, -0.25) is 4.79 Å². The van der Waals surface area contributed by atoms with Gasteiger partial charge in [-0.1, -0.05) is 113 Å². The van der Waals surface area contributed by atoms with Gasteiger partial charge in [-0.05, 0) is 73.8 Å². The standard InChI is InChI=1S/C45H52O6/c1-31(2)23-37(24-32(3)4)20-22-40-27-45(51-44(40)47,29-48-28-36-11-8-7-9-12-36)30-49-43(46)34(6)25-41-26-39-14-10-13-38(42(39)50-41)21-19-35-17-15-33(5)16-18-35/h7-18,22,26,31-32,34,37H,20,23-25,27-30H2,1-6H3/b40-22+/t34-,45+/m0/s1. The third-order valence-corrected chi connectivity index (χ3v) is 9.24. The van der Waals surface area contributed by atoms with E-state index in [1.807, 2.05) is 91.9 Å². The molecule has 0 aliphatic carbocycles. The van der Waals surface area contributed by atoms with E-state index in [2.05, 4.69) is 46.5 Å². The molecule has 2 atom stereocenters. The van der Waals surface area contributed by atoms with E-state index in [1.54, 1.807) is 0 Å². The summed E-state index contributed by atoms with van der Waals surface area (Å²) in [5.41, 5.74) is 4.15. The van der Waals surface area contributed by atoms with Crippen molar-refractivity contribution in [3.05, 3.63) is 119 Å². The number of hydrogen-bond donors (Lipinski definition) is 0. The van der Waals surface area contributed by atoms with Crippen LogP contribution < -0.4 is 0 Å². The molecule has 1 saturated heterocycles. The van der Waals surface area contributed by atoms with Gasteiger partial charge in [0.1, 0.15) is 18.0 Å². The Labute approximate surface area is 303 Å². The first-order valence-electron chi connectivity index (χ1n) is 18.3. The molecule has 0 amide bonds. The number of aryl methyl sites for hydroxylation is 1. The van der Waals surface area contributed by atoms with Crippen molar-refractivity contribution in [2.75, 3.05) is 13.2 Å². The van der Waals surface area contributed by atoms with Gasteiger partial charge in [0, 0.05) is 29.4 Å². The van der Waals surface area contributed by atoms with E-state index in [-0.39, 0.29) is 25.2 Å². The lowest BCUT2D eigenvalue weighted by atomic mass is 9.86. The number of carbonyl (C=O) groups is 2. The fourth-order valence-corrected chi connectivity index (χ4v) is 6.76. The lowest BCUT2D eigenvalue weighted by molar-refractivity contribution is -0.171. The van der Waals surface area contributed by atoms with Gasteiger partial charge in [0.2, 0.25) is 0 Å². The van der Waals surface area contributed by atoms with Gasteiger partial charge in [0.15, 0.2) is 5.60 Å². The van der Waals surface area contributed by atoms with Crippen molar-refractivity contribution in [2.24, 2.45) is 23.7 Å². The van der Waals surface area contributed by atoms with Gasteiger partial charge in [0.05, 0.1) is 24.7 Å². The predicted molar refractivity (Wildman–Crippen MR) is 202 cm³/mol. The van der Waals surface area contributed by atoms with E-state index in [0.717, 1.165) is 41.3 Å². The molecular formula is C45H52O6. The van der Waals surface area contributed by atoms with Crippen molar-refractivity contribution in [1.29, 1.82) is 0 Å². The zero-order valence-corrected chi connectivity index (χ0v) is 31.0. The highest BCUT2D eigenvalue weighted by atomic mass is 16.6. The molecule has 1 aromatic heterocycles. The van der Waals surface area contributed by atoms with E-state index in [0.29, 0.717) is 54.1 Å². The largest absolute Gasteiger partial charge is 0.461 e. The van der Waals surface area contributed by atoms with Crippen LogP contribution in [0.3, 0.4) is 0 Å². The van der Waals surface area contributed by atoms with Crippen molar-refractivity contribution >= 4 is 22.9 Å². The molecule has 3 aromatic carbocycles. The van der Waals surface area contributed by atoms with Crippen molar-refractivity contribution < 1.29 is 28.2 Å². The number of furan rings is 1. The summed E-state index contributed by atoms with van der Waals surface area (Å²) in [6, 6.07) is 25.8. The lowest BCUT2D eigenvalue weighted by Gasteiger charge is -2.27. The number of hydrogen-bond acceptors (Lipinski definition) is 6. The van der Waals surface area contributed by atoms with Gasteiger partial charge < -0.3 is 18.6 Å². The van der Waals surface area contributed by atoms with Gasteiger partial charge >= 0.3 is 11.9 Å². The minimum absolute atomic E-state index is 0.0890. The van der Waals surface area contributed by atoms with Gasteiger partial charge in [-0.2, -0.15) is 0 Å². The van der Waals surface area contributed by atoms with Crippen LogP contribution in [-0.4, -0.2) is 30.8 Å². The van der Waals surface area contributed by atoms with Crippen molar-refractivity contribution in [3.63, 3.8) is 0 Å². The van der Waals surface area contributed by atoms with Crippen molar-refractivity contribution in [3.8, 4) is 11.8 Å². The summed E-state index contributed by atoms with van der Waals surface area (Å²) in [6.07, 6.45) is 5.75. The van der Waals surface area contributed by atoms with Crippen LogP contribution in [0.4, 0.5) is 0 Å². The van der Waals surface area contributed by atoms with Crippen LogP contribution in [0.2, 0.25) is 0 Å². The van der Waals surface area contributed by atoms with Crippen LogP contribution in [0.1, 0.15) is 88.3 Å². The highest BCUT2D eigenvalue weighted by molar-refractivity contribution is 5.91. The molecule has 6 heteroatoms. The van der Waals surface area contributed by atoms with E-state index >= 15 is 0 Å². The van der Waals surface area contributed by atoms with E-state index < -0.39 is 11.5 Å². The second-order valence-corrected chi connectivity index (χ2v) is 15.1. The molecule has 1 aliphatic heterocycles. The highest BCUT2D eigenvalue weighted by Gasteiger charge is 2.45. The van der Waals surface area contributed by atoms with Crippen LogP contribution >= 0.6 is 0 Å². The number of para-hydroxylation sites is 1. The zero-order chi connectivity index (χ0) is 36.4. The summed E-state index contributed by atoms with van der Waals surface area (Å²) in [4.78, 5) is 26.7. The Morgan fingerprint density at radius 2 is 1.63 bits per heavy atom. The number of rotatable bonds is 15. The molecule has 2 heterocycles. The Bertz CT molecular complexity index is 1840. The summed E-state index contributed by atoms with van der Waals surface area (Å²) < 4.78 is 24.3. The number of ether oxygens (including phenoxy) is 3. The molecule has 51 heavy (non-hydrogen) atoms. The van der Waals surface area contributed by atoms with Crippen LogP contribution in [0.5, 0.6) is 0 Å². The molecule has 0 unspecified atom stereocenters. The second kappa shape index (κ2) is 17.6. The molecule has 4 aromatic rings. The van der Waals surface area contributed by atoms with E-state index in [9.17, 15) is 9.59 Å². The number of fused-ring (bicyclic) bond motifs is 1. The van der Waals surface area contributed by atoms with Crippen LogP contribution in [-0.2, 0) is 36.8 Å². The summed E-state index contributed by atoms with van der Waals surface area (Å²) in [5, 5.41) is 0.928. The average Bonchev–Trinajstić information content (AvgIpc) is 3.65. The molecule has 5 rings (SSSR count). The summed E-state index contributed by atoms with van der Waals surface area (Å²) in [5.74, 6) is 7.54. The number of cyclic esters (lactones) is 1. The number of carbonyl (C=O) groups excluding carboxylic acids is 2. The smallest absolute Gasteiger partial charge is 0.334 e. The molecule has 0 saturated carbocycles. The van der Waals surface area contributed by atoms with Crippen LogP contribution in [0.25, 0.3) is 11.0 Å². The zero-order valence-electron chi connectivity index (χ0n) is 31.0. The maximum atomic E-state index is 13.4. The Balaban J connectivity index is 1.25. The lowest BCUT2D eigenvalue weighted by Crippen LogP contribution is -2.41. The van der Waals surface area contributed by atoms with Gasteiger partial charge in [-0.25, -0.2) is 4.79 Å². The van der Waals surface area contributed by atoms with E-state index in [4.69, 9.17) is 18.6 Å². The third kappa shape index (κ3) is 10.9. The first-order chi connectivity index (χ1) is 24.5. The topological polar surface area (TPSA) is 75.0 Å². The maximum absolute atomic E-state index is 13.4. The quantitative estimate of drug-likeness (QED) is 0.0703. The normalized spacial score (nSPS) is 17.3. The van der Waals surface area contributed by atoms with Gasteiger partial charge in [0.25, 0.3) is 0 Å². The molecule has 1 fully saturated rings. The second-order valence-electron chi connectivity index (χ2n) is 15.1. The SMILES string of the molecule is Cc1ccc(C#Cc2cccc3cc(C[C@H](C)C(=O)OC[C@]4(COCc5ccccc5)C/C(=C\CC(CC(C)C)CC(C)C)C(=O)O4)oc23)cc1. The Kier molecular flexibility index (Phi) is 13.0. The summed E-state index contributed by atoms with van der Waals surface area (Å²) >= 11 is 0. The average molecular weight is 689 g/mol. The molecule has 0 spiro atoms. The molecule has 0 bridgehead atoms. The van der Waals surface area contributed by atoms with Crippen molar-refractivity contribution in [1.82, 2.24) is 0 Å². The molecule has 0 radical (unpaired) electrons. The predicted octanol–water partition coefficient (Wildman–Crippen LogP) is 9.79. The Morgan fingerprint density at radius 1 is 0.902 bits per heavy atom. The minimum Gasteiger partial charge on any atom is -0.461 e. The Morgan fingerprint density at radius 3 is 2.33 bits per heavy atom. The van der Waals surface area contributed by atoms with Crippen LogP contribution in [0.15, 0.2) is 94.9 Å². The fraction of sp³-hybridized carbons (Fsp3) is 0.422. The van der Waals surface area contributed by atoms with Crippen LogP contribution in [0, 0.1) is 42.4 Å². The summed E-state index contributed by atoms with van der Waals surface area (Å²) in [6.45, 7) is 13.2. The molecule has 268 valence electrons. The molecule has 1 aliphatic rings. The number of esters is 2. The van der Waals surface area contributed by atoms with Crippen molar-refractivity contribution in [2.45, 2.75) is 85.9 Å². The van der Waals surface area contributed by atoms with E-state index in [1.165, 1.54) is 5.56 Å². The number of benzene rings is 3. The highest BCUT2D eigenvalue weighted by Crippen LogP contribution is 2.34. The minimum atomic E-state index is -1.09. The monoisotopic (exact) mass is 688 g/mol. The molecular weight excluding hydrogens is 636 g/mol. The third-order valence-electron chi connectivity index (χ3n) is 9.24. The maximum Gasteiger partial charge on any atom is 0.334 e. The van der Waals surface area contributed by atoms with Gasteiger partial charge in [-0.15, -0.1) is 0 Å². The first-order valence-corrected chi connectivity index (χ1v) is 18.3. The Hall–Kier alpha value is -4.60. The summed E-state index contributed by atoms with van der Waals surface area (Å²) in [7, 11) is 0.